The molecule has 1 saturated carbocycles. The number of thiocarbonyl (C=S) groups is 1. The standard InChI is InChI=1S/C24H30F3N5S/c1-17-8-7-13-32(15-17)20-14-19(24(25,26)27)29-21(30-20)31-22(33)28-16-23(11-5-6-12-23)18-9-3-2-4-10-18/h2-4,9-10,14,17H,5-8,11-13,15-16H2,1H3,(H2,28,29,30,31,33)/t17-/m1/s1. The van der Waals surface area contributed by atoms with E-state index in [2.05, 4.69) is 39.7 Å². The van der Waals surface area contributed by atoms with E-state index in [4.69, 9.17) is 12.2 Å². The highest BCUT2D eigenvalue weighted by atomic mass is 32.1. The van der Waals surface area contributed by atoms with Crippen LogP contribution in [0.4, 0.5) is 24.9 Å². The molecule has 1 aliphatic carbocycles. The Morgan fingerprint density at radius 2 is 1.88 bits per heavy atom. The summed E-state index contributed by atoms with van der Waals surface area (Å²) in [6.45, 7) is 4.07. The zero-order valence-electron chi connectivity index (χ0n) is 18.8. The number of nitrogens with one attached hydrogen (secondary N) is 2. The molecule has 0 amide bonds. The Hall–Kier alpha value is -2.42. The van der Waals surface area contributed by atoms with E-state index in [-0.39, 0.29) is 22.3 Å². The first kappa shape index (κ1) is 23.7. The lowest BCUT2D eigenvalue weighted by molar-refractivity contribution is -0.141. The number of benzene rings is 1. The van der Waals surface area contributed by atoms with Crippen LogP contribution in [0.1, 0.15) is 56.7 Å². The van der Waals surface area contributed by atoms with Gasteiger partial charge in [-0.3, -0.25) is 0 Å². The molecule has 0 spiro atoms. The highest BCUT2D eigenvalue weighted by Gasteiger charge is 2.36. The van der Waals surface area contributed by atoms with E-state index in [0.717, 1.165) is 44.6 Å². The van der Waals surface area contributed by atoms with E-state index >= 15 is 0 Å². The number of alkyl halides is 3. The Kier molecular flexibility index (Phi) is 7.07. The Labute approximate surface area is 198 Å². The molecule has 1 aromatic carbocycles. The lowest BCUT2D eigenvalue weighted by Gasteiger charge is -2.32. The van der Waals surface area contributed by atoms with Crippen LogP contribution in [0.2, 0.25) is 0 Å². The molecular weight excluding hydrogens is 447 g/mol. The monoisotopic (exact) mass is 477 g/mol. The summed E-state index contributed by atoms with van der Waals surface area (Å²) < 4.78 is 40.6. The van der Waals surface area contributed by atoms with Crippen LogP contribution in [-0.2, 0) is 11.6 Å². The van der Waals surface area contributed by atoms with Crippen molar-refractivity contribution in [2.24, 2.45) is 5.92 Å². The Morgan fingerprint density at radius 3 is 2.55 bits per heavy atom. The third-order valence-electron chi connectivity index (χ3n) is 6.74. The molecule has 0 radical (unpaired) electrons. The maximum absolute atomic E-state index is 13.5. The van der Waals surface area contributed by atoms with Crippen molar-refractivity contribution in [2.75, 3.05) is 29.9 Å². The fourth-order valence-electron chi connectivity index (χ4n) is 5.00. The van der Waals surface area contributed by atoms with Gasteiger partial charge in [0.2, 0.25) is 5.95 Å². The quantitative estimate of drug-likeness (QED) is 0.553. The van der Waals surface area contributed by atoms with E-state index in [1.54, 1.807) is 0 Å². The number of anilines is 2. The fraction of sp³-hybridized carbons (Fsp3) is 0.542. The molecule has 1 aliphatic heterocycles. The van der Waals surface area contributed by atoms with Gasteiger partial charge in [0.05, 0.1) is 0 Å². The Balaban J connectivity index is 1.49. The molecule has 1 saturated heterocycles. The summed E-state index contributed by atoms with van der Waals surface area (Å²) in [6.07, 6.45) is 1.81. The number of hydrogen-bond donors (Lipinski definition) is 2. The van der Waals surface area contributed by atoms with Gasteiger partial charge in [-0.2, -0.15) is 18.2 Å². The summed E-state index contributed by atoms with van der Waals surface area (Å²) in [6, 6.07) is 11.4. The summed E-state index contributed by atoms with van der Waals surface area (Å²) >= 11 is 5.43. The highest BCUT2D eigenvalue weighted by Crippen LogP contribution is 2.40. The van der Waals surface area contributed by atoms with Crippen molar-refractivity contribution in [1.29, 1.82) is 0 Å². The van der Waals surface area contributed by atoms with Gasteiger partial charge >= 0.3 is 6.18 Å². The zero-order valence-corrected chi connectivity index (χ0v) is 19.6. The van der Waals surface area contributed by atoms with Crippen molar-refractivity contribution in [2.45, 2.75) is 57.0 Å². The predicted molar refractivity (Wildman–Crippen MR) is 128 cm³/mol. The lowest BCUT2D eigenvalue weighted by atomic mass is 9.79. The van der Waals surface area contributed by atoms with Gasteiger partial charge in [0.25, 0.3) is 0 Å². The van der Waals surface area contributed by atoms with Crippen molar-refractivity contribution < 1.29 is 13.2 Å². The average Bonchev–Trinajstić information content (AvgIpc) is 3.28. The van der Waals surface area contributed by atoms with E-state index in [1.165, 1.54) is 5.56 Å². The number of nitrogens with zero attached hydrogens (tertiary/aromatic N) is 3. The SMILES string of the molecule is C[C@@H]1CCCN(c2cc(C(F)(F)F)nc(NC(=S)NCC3(c4ccccc4)CCCC3)n2)C1. The third kappa shape index (κ3) is 5.75. The average molecular weight is 478 g/mol. The molecule has 9 heteroatoms. The third-order valence-corrected chi connectivity index (χ3v) is 6.99. The van der Waals surface area contributed by atoms with Crippen LogP contribution in [0.5, 0.6) is 0 Å². The molecule has 5 nitrogen and oxygen atoms in total. The van der Waals surface area contributed by atoms with Gasteiger partial charge in [0, 0.05) is 31.1 Å². The molecule has 1 aromatic heterocycles. The minimum atomic E-state index is -4.56. The lowest BCUT2D eigenvalue weighted by Crippen LogP contribution is -2.41. The first-order valence-electron chi connectivity index (χ1n) is 11.6. The van der Waals surface area contributed by atoms with Crippen molar-refractivity contribution in [3.63, 3.8) is 0 Å². The summed E-state index contributed by atoms with van der Waals surface area (Å²) in [7, 11) is 0. The van der Waals surface area contributed by atoms with E-state index in [1.807, 2.05) is 23.1 Å². The molecule has 4 rings (SSSR count). The maximum atomic E-state index is 13.5. The second kappa shape index (κ2) is 9.83. The van der Waals surface area contributed by atoms with Gasteiger partial charge in [-0.15, -0.1) is 0 Å². The maximum Gasteiger partial charge on any atom is 0.433 e. The molecule has 0 bridgehead atoms. The summed E-state index contributed by atoms with van der Waals surface area (Å²) in [4.78, 5) is 9.99. The van der Waals surface area contributed by atoms with E-state index in [0.29, 0.717) is 25.6 Å². The molecule has 2 fully saturated rings. The van der Waals surface area contributed by atoms with Gasteiger partial charge in [0.15, 0.2) is 10.8 Å². The predicted octanol–water partition coefficient (Wildman–Crippen LogP) is 5.53. The second-order valence-corrected chi connectivity index (χ2v) is 9.70. The fourth-order valence-corrected chi connectivity index (χ4v) is 5.16. The van der Waals surface area contributed by atoms with Gasteiger partial charge in [-0.25, -0.2) is 4.98 Å². The molecule has 2 aliphatic rings. The van der Waals surface area contributed by atoms with Crippen LogP contribution in [0.15, 0.2) is 36.4 Å². The van der Waals surface area contributed by atoms with Crippen LogP contribution in [-0.4, -0.2) is 34.7 Å². The van der Waals surface area contributed by atoms with Gasteiger partial charge in [0.1, 0.15) is 5.82 Å². The van der Waals surface area contributed by atoms with Crippen LogP contribution < -0.4 is 15.5 Å². The molecule has 2 N–H and O–H groups in total. The Bertz CT molecular complexity index is 960. The van der Waals surface area contributed by atoms with Gasteiger partial charge in [-0.1, -0.05) is 50.1 Å². The zero-order chi connectivity index (χ0) is 23.5. The van der Waals surface area contributed by atoms with Crippen LogP contribution in [0, 0.1) is 5.92 Å². The molecule has 33 heavy (non-hydrogen) atoms. The molecule has 2 heterocycles. The topological polar surface area (TPSA) is 53.1 Å². The van der Waals surface area contributed by atoms with E-state index < -0.39 is 11.9 Å². The van der Waals surface area contributed by atoms with Crippen molar-refractivity contribution >= 4 is 29.1 Å². The summed E-state index contributed by atoms with van der Waals surface area (Å²) in [5, 5.41) is 6.26. The van der Waals surface area contributed by atoms with E-state index in [9.17, 15) is 13.2 Å². The summed E-state index contributed by atoms with van der Waals surface area (Å²) in [5.41, 5.74) is 0.263. The molecule has 1 atom stereocenters. The smallest absolute Gasteiger partial charge is 0.361 e. The first-order chi connectivity index (χ1) is 15.7. The Morgan fingerprint density at radius 1 is 1.15 bits per heavy atom. The van der Waals surface area contributed by atoms with Gasteiger partial charge < -0.3 is 15.5 Å². The molecule has 2 aromatic rings. The number of hydrogen-bond acceptors (Lipinski definition) is 4. The molecule has 178 valence electrons. The van der Waals surface area contributed by atoms with Crippen molar-refractivity contribution in [3.05, 3.63) is 47.7 Å². The number of rotatable bonds is 5. The van der Waals surface area contributed by atoms with Crippen LogP contribution in [0.25, 0.3) is 0 Å². The first-order valence-corrected chi connectivity index (χ1v) is 12.0. The largest absolute Gasteiger partial charge is 0.433 e. The number of piperidine rings is 1. The highest BCUT2D eigenvalue weighted by molar-refractivity contribution is 7.80. The molecular formula is C24H30F3N5S. The van der Waals surface area contributed by atoms with Crippen LogP contribution >= 0.6 is 12.2 Å². The summed E-state index contributed by atoms with van der Waals surface area (Å²) in [5.74, 6) is 0.559. The van der Waals surface area contributed by atoms with Crippen molar-refractivity contribution in [1.82, 2.24) is 15.3 Å². The normalized spacial score (nSPS) is 20.5. The number of halogens is 3. The van der Waals surface area contributed by atoms with Crippen molar-refractivity contribution in [3.8, 4) is 0 Å². The minimum Gasteiger partial charge on any atom is -0.361 e. The minimum absolute atomic E-state index is 0.0310. The van der Waals surface area contributed by atoms with Gasteiger partial charge in [-0.05, 0) is 49.4 Å². The molecule has 0 unspecified atom stereocenters. The number of aromatic nitrogens is 2. The van der Waals surface area contributed by atoms with Crippen LogP contribution in [0.3, 0.4) is 0 Å². The second-order valence-electron chi connectivity index (χ2n) is 9.29.